The summed E-state index contributed by atoms with van der Waals surface area (Å²) in [5.74, 6) is 1.45. The molecule has 6 saturated carbocycles. The van der Waals surface area contributed by atoms with Gasteiger partial charge in [-0.25, -0.2) is 54.4 Å². The van der Waals surface area contributed by atoms with E-state index >= 15 is 0 Å². The van der Waals surface area contributed by atoms with Gasteiger partial charge >= 0.3 is 103 Å². The van der Waals surface area contributed by atoms with Crippen LogP contribution < -0.4 is 137 Å². The van der Waals surface area contributed by atoms with Gasteiger partial charge in [-0.15, -0.1) is 22.6 Å². The molecule has 14 rings (SSSR count). The number of nitrogens with zero attached hydrogens (tertiary/aromatic N) is 11. The number of halogens is 4. The van der Waals surface area contributed by atoms with Crippen LogP contribution in [-0.4, -0.2) is 133 Å². The van der Waals surface area contributed by atoms with E-state index in [4.69, 9.17) is 36.1 Å². The van der Waals surface area contributed by atoms with Crippen molar-refractivity contribution in [3.63, 3.8) is 0 Å². The molecule has 2 atom stereocenters. The van der Waals surface area contributed by atoms with Gasteiger partial charge in [0.05, 0.1) is 48.1 Å². The number of pyridine rings is 2. The van der Waals surface area contributed by atoms with Crippen LogP contribution in [0.4, 0.5) is 14.6 Å². The standard InChI is InChI=1S/C27H34FN7O4S.C20H20ClFN6O4S.C7H15N.CH2O3.ClH.2K.2H2S.H/c1-17-10-25(3,4)34(12-17)23-19(24(36)32-40(37,38)20-11-29-33(5)18(20)2)6-7-21(30-23)35-9-8-22(31-35)39-16-26-13-27(28,14-26)15-26;1-12-14(7-23-27(12)2)33(30,31)26-18(29)13-3-4-15(24-17(13)21)28-6-5-16(25-28)32-11-19-8-20(22,9-19)10-19;1-6-4-7(2,3)8-5-6;2-1-4-3;;;;;;/h6-9,11,17H,10,12-16H2,1-5H3,(H,32,36);3-7H,8-11H2,1-2H3,(H,26,29);6,8H,4-5H2,1-3H3;1,3H;1H;;;2*1H2;/q;;;;;2*+1;;;-1/p-1/t17-,26?,27?;;6-;;;;;;;/m0.0......./s1. The number of aromatic nitrogens is 10. The van der Waals surface area contributed by atoms with Crippen LogP contribution in [0.25, 0.3) is 11.6 Å². The Morgan fingerprint density at radius 1 is 0.733 bits per heavy atom. The SMILES string of the molecule is C[C@@H]1CNC(C)(C)C1.Cc1c(S(=O)(=O)NC(=O)c2ccc(-n3ccc(OCC45CC(F)(C4)C5)n3)nc2Cl)cnn1C.Cc1c(S(=O)(=O)NC(=O)c2ccc(-n3ccc(OCC45CC(F)(C4)C5)n3)nc2N2C[C@@H](C)CC2(C)C)cnn1C.Cl.O=CO[O-].S.S.[H-].[K+].[K+]. The maximum absolute atomic E-state index is 13.8. The molecular weight excluding hydrogens is 1350 g/mol. The third-order valence-electron chi connectivity index (χ3n) is 16.6. The molecule has 4 bridgehead atoms. The van der Waals surface area contributed by atoms with E-state index in [1.54, 1.807) is 69.3 Å². The van der Waals surface area contributed by atoms with E-state index in [-0.39, 0.29) is 193 Å². The minimum absolute atomic E-state index is 0. The number of rotatable bonds is 16. The van der Waals surface area contributed by atoms with Crippen LogP contribution in [0.2, 0.25) is 5.15 Å². The van der Waals surface area contributed by atoms with Crippen LogP contribution >= 0.6 is 51.0 Å². The van der Waals surface area contributed by atoms with E-state index in [9.17, 15) is 35.2 Å². The molecule has 6 aromatic heterocycles. The summed E-state index contributed by atoms with van der Waals surface area (Å²) in [6, 6.07) is 9.41. The third-order valence-corrected chi connectivity index (χ3v) is 19.7. The predicted molar refractivity (Wildman–Crippen MR) is 331 cm³/mol. The number of ether oxygens (including phenoxy) is 2. The Morgan fingerprint density at radius 3 is 1.49 bits per heavy atom. The van der Waals surface area contributed by atoms with E-state index in [1.165, 1.54) is 45.3 Å². The number of carbonyl (C=O) groups excluding carboxylic acids is 3. The third kappa shape index (κ3) is 17.8. The summed E-state index contributed by atoms with van der Waals surface area (Å²) >= 11 is 6.17. The topological polar surface area (TPSA) is 307 Å². The average Bonchev–Trinajstić information content (AvgIpc) is 1.33. The van der Waals surface area contributed by atoms with Gasteiger partial charge in [-0.1, -0.05) is 25.4 Å². The van der Waals surface area contributed by atoms with Crippen LogP contribution in [0.3, 0.4) is 0 Å². The fraction of sp³-hybridized carbons (Fsp3) is 0.545. The van der Waals surface area contributed by atoms with Gasteiger partial charge in [0.15, 0.2) is 11.6 Å². The van der Waals surface area contributed by atoms with Crippen molar-refractivity contribution < 1.29 is 164 Å². The van der Waals surface area contributed by atoms with Crippen molar-refractivity contribution in [1.82, 2.24) is 63.9 Å². The number of sulfonamides is 2. The summed E-state index contributed by atoms with van der Waals surface area (Å²) in [4.78, 5) is 48.1. The van der Waals surface area contributed by atoms with Gasteiger partial charge in [-0.3, -0.25) is 23.7 Å². The zero-order chi connectivity index (χ0) is 61.9. The Labute approximate surface area is 634 Å². The van der Waals surface area contributed by atoms with Crippen molar-refractivity contribution in [3.8, 4) is 23.4 Å². The molecule has 6 aliphatic carbocycles. The Kier molecular flexibility index (Phi) is 27.0. The number of hydrogen-bond donors (Lipinski definition) is 3. The second kappa shape index (κ2) is 30.5. The first kappa shape index (κ1) is 79.6. The molecule has 2 aliphatic heterocycles. The van der Waals surface area contributed by atoms with Crippen LogP contribution in [0, 0.1) is 36.5 Å². The molecule has 8 heterocycles. The molecule has 8 aliphatic rings. The molecule has 0 aromatic carbocycles. The first-order valence-corrected chi connectivity index (χ1v) is 30.8. The molecule has 3 N–H and O–H groups in total. The molecule has 0 spiro atoms. The number of nitrogens with one attached hydrogen (secondary N) is 3. The van der Waals surface area contributed by atoms with Gasteiger partial charge in [0.1, 0.15) is 32.1 Å². The summed E-state index contributed by atoms with van der Waals surface area (Å²) < 4.78 is 100. The summed E-state index contributed by atoms with van der Waals surface area (Å²) in [5, 5.41) is 28.3. The largest absolute Gasteiger partial charge is 1.00 e. The summed E-state index contributed by atoms with van der Waals surface area (Å²) in [6.45, 7) is 18.8. The molecule has 35 heteroatoms. The van der Waals surface area contributed by atoms with Crippen molar-refractivity contribution in [2.24, 2.45) is 36.8 Å². The monoisotopic (exact) mass is 1420 g/mol. The first-order chi connectivity index (χ1) is 39.7. The van der Waals surface area contributed by atoms with Gasteiger partial charge in [0, 0.05) is 67.1 Å². The van der Waals surface area contributed by atoms with Gasteiger partial charge in [0.2, 0.25) is 11.8 Å². The van der Waals surface area contributed by atoms with Gasteiger partial charge in [-0.05, 0) is 136 Å². The Hall–Kier alpha value is -2.82. The number of alkyl halides is 2. The maximum Gasteiger partial charge on any atom is 1.00 e. The molecule has 486 valence electrons. The number of aryl methyl sites for hydroxylation is 2. The van der Waals surface area contributed by atoms with Gasteiger partial charge in [-0.2, -0.15) is 37.2 Å². The number of anilines is 1. The molecular formula is C55H76Cl2F2K2N14O11S4. The number of carbonyl (C=O) groups is 3. The molecule has 8 fully saturated rings. The van der Waals surface area contributed by atoms with Crippen molar-refractivity contribution in [2.45, 2.75) is 139 Å². The molecule has 6 aromatic rings. The first-order valence-electron chi connectivity index (χ1n) is 27.5. The Morgan fingerprint density at radius 2 is 1.16 bits per heavy atom. The van der Waals surface area contributed by atoms with Crippen molar-refractivity contribution in [3.05, 3.63) is 88.9 Å². The van der Waals surface area contributed by atoms with Crippen LogP contribution in [-0.2, 0) is 43.8 Å². The average molecular weight is 1420 g/mol. The number of hydrogen-bond acceptors (Lipinski definition) is 19. The molecule has 0 unspecified atom stereocenters. The second-order valence-electron chi connectivity index (χ2n) is 25.0. The van der Waals surface area contributed by atoms with E-state index in [1.807, 2.05) is 4.72 Å². The molecule has 90 heavy (non-hydrogen) atoms. The van der Waals surface area contributed by atoms with Gasteiger partial charge < -0.3 is 31.3 Å². The summed E-state index contributed by atoms with van der Waals surface area (Å²) in [7, 11) is -5.07. The molecule has 0 radical (unpaired) electrons. The second-order valence-corrected chi connectivity index (χ2v) is 28.6. The minimum Gasteiger partial charge on any atom is -1.00 e. The van der Waals surface area contributed by atoms with Crippen molar-refractivity contribution >= 4 is 95.2 Å². The molecule has 2 saturated heterocycles. The molecule has 2 amide bonds. The zero-order valence-corrected chi connectivity index (χ0v) is 63.7. The zero-order valence-electron chi connectivity index (χ0n) is 53.3. The van der Waals surface area contributed by atoms with Crippen molar-refractivity contribution in [2.75, 3.05) is 31.2 Å². The van der Waals surface area contributed by atoms with Crippen LogP contribution in [0.1, 0.15) is 126 Å². The fourth-order valence-electron chi connectivity index (χ4n) is 12.6. The van der Waals surface area contributed by atoms with E-state index in [0.717, 1.165) is 18.5 Å². The van der Waals surface area contributed by atoms with E-state index in [0.29, 0.717) is 110 Å². The Balaban J connectivity index is 0.000000384. The molecule has 25 nitrogen and oxygen atoms in total. The smallest absolute Gasteiger partial charge is 1.00 e. The summed E-state index contributed by atoms with van der Waals surface area (Å²) in [6.07, 6.45) is 11.2. The van der Waals surface area contributed by atoms with E-state index in [2.05, 4.69) is 86.7 Å². The maximum atomic E-state index is 13.8. The Bertz CT molecular complexity index is 3750. The van der Waals surface area contributed by atoms with Gasteiger partial charge in [0.25, 0.3) is 38.3 Å². The van der Waals surface area contributed by atoms with Crippen molar-refractivity contribution in [1.29, 1.82) is 0 Å². The predicted octanol–water partition coefficient (Wildman–Crippen LogP) is 0.273. The van der Waals surface area contributed by atoms with E-state index < -0.39 is 43.2 Å². The number of amides is 2. The van der Waals surface area contributed by atoms with Crippen LogP contribution in [0.5, 0.6) is 11.8 Å². The van der Waals surface area contributed by atoms with Crippen LogP contribution in [0.15, 0.2) is 71.0 Å². The minimum atomic E-state index is -4.16. The summed E-state index contributed by atoms with van der Waals surface area (Å²) in [5.41, 5.74) is -1.16. The fourth-order valence-corrected chi connectivity index (χ4v) is 15.1. The normalized spacial score (nSPS) is 23.9. The quantitative estimate of drug-likeness (QED) is 0.0385.